The van der Waals surface area contributed by atoms with E-state index in [4.69, 9.17) is 4.74 Å². The van der Waals surface area contributed by atoms with E-state index in [1.807, 2.05) is 6.07 Å². The van der Waals surface area contributed by atoms with Crippen LogP contribution in [0, 0.1) is 0 Å². The van der Waals surface area contributed by atoms with Gasteiger partial charge in [-0.05, 0) is 55.9 Å². The molecule has 1 aliphatic rings. The minimum Gasteiger partial charge on any atom is -0.450 e. The first-order valence-electron chi connectivity index (χ1n) is 5.85. The van der Waals surface area contributed by atoms with Gasteiger partial charge in [-0.2, -0.15) is 0 Å². The molecule has 1 aromatic rings. The first-order valence-corrected chi connectivity index (χ1v) is 5.85. The molecular formula is C13H17NO2. The summed E-state index contributed by atoms with van der Waals surface area (Å²) in [6, 6.07) is 6.11. The van der Waals surface area contributed by atoms with Crippen molar-refractivity contribution in [2.45, 2.75) is 32.6 Å². The average molecular weight is 219 g/mol. The zero-order valence-electron chi connectivity index (χ0n) is 9.58. The molecule has 86 valence electrons. The summed E-state index contributed by atoms with van der Waals surface area (Å²) in [5.41, 5.74) is 3.61. The Hall–Kier alpha value is -1.51. The van der Waals surface area contributed by atoms with Gasteiger partial charge in [-0.15, -0.1) is 0 Å². The van der Waals surface area contributed by atoms with Crippen LogP contribution in [0.5, 0.6) is 0 Å². The molecule has 3 heteroatoms. The smallest absolute Gasteiger partial charge is 0.411 e. The van der Waals surface area contributed by atoms with E-state index in [-0.39, 0.29) is 6.09 Å². The summed E-state index contributed by atoms with van der Waals surface area (Å²) in [6.07, 6.45) is 4.43. The van der Waals surface area contributed by atoms with E-state index >= 15 is 0 Å². The van der Waals surface area contributed by atoms with Crippen LogP contribution in [0.15, 0.2) is 18.2 Å². The molecule has 2 rings (SSSR count). The minimum absolute atomic E-state index is 0.377. The van der Waals surface area contributed by atoms with Crippen molar-refractivity contribution < 1.29 is 9.53 Å². The number of fused-ring (bicyclic) bond motifs is 1. The molecule has 0 aromatic heterocycles. The van der Waals surface area contributed by atoms with Gasteiger partial charge in [0.2, 0.25) is 0 Å². The molecule has 0 atom stereocenters. The average Bonchev–Trinajstić information content (AvgIpc) is 2.29. The molecule has 0 aliphatic heterocycles. The summed E-state index contributed by atoms with van der Waals surface area (Å²) in [6.45, 7) is 2.20. The fourth-order valence-electron chi connectivity index (χ4n) is 2.10. The fraction of sp³-hybridized carbons (Fsp3) is 0.462. The van der Waals surface area contributed by atoms with Gasteiger partial charge in [-0.3, -0.25) is 5.32 Å². The van der Waals surface area contributed by atoms with Crippen LogP contribution in [-0.4, -0.2) is 12.7 Å². The van der Waals surface area contributed by atoms with Gasteiger partial charge in [0.25, 0.3) is 0 Å². The Kier molecular flexibility index (Phi) is 3.44. The number of benzene rings is 1. The molecule has 0 saturated carbocycles. The fourth-order valence-corrected chi connectivity index (χ4v) is 2.10. The summed E-state index contributed by atoms with van der Waals surface area (Å²) >= 11 is 0. The molecule has 0 saturated heterocycles. The molecule has 0 unspecified atom stereocenters. The van der Waals surface area contributed by atoms with E-state index in [0.717, 1.165) is 18.5 Å². The highest BCUT2D eigenvalue weighted by atomic mass is 16.5. The van der Waals surface area contributed by atoms with Gasteiger partial charge in [-0.25, -0.2) is 4.79 Å². The van der Waals surface area contributed by atoms with E-state index in [0.29, 0.717) is 6.61 Å². The lowest BCUT2D eigenvalue weighted by Crippen LogP contribution is -2.14. The third-order valence-electron chi connectivity index (χ3n) is 2.87. The zero-order valence-corrected chi connectivity index (χ0v) is 9.58. The molecule has 0 heterocycles. The number of nitrogens with one attached hydrogen (secondary N) is 1. The van der Waals surface area contributed by atoms with Crippen LogP contribution in [0.3, 0.4) is 0 Å². The predicted molar refractivity (Wildman–Crippen MR) is 63.7 cm³/mol. The Bertz CT molecular complexity index is 388. The van der Waals surface area contributed by atoms with Gasteiger partial charge in [0.1, 0.15) is 0 Å². The normalized spacial score (nSPS) is 14.1. The van der Waals surface area contributed by atoms with Crippen molar-refractivity contribution in [2.24, 2.45) is 0 Å². The van der Waals surface area contributed by atoms with Gasteiger partial charge in [0, 0.05) is 5.69 Å². The van der Waals surface area contributed by atoms with Gasteiger partial charge in [-0.1, -0.05) is 6.07 Å². The standard InChI is InChI=1S/C13H17NO2/c1-2-16-13(15)14-12-8-7-10-5-3-4-6-11(10)9-12/h7-9H,2-6H2,1H3,(H,14,15). The van der Waals surface area contributed by atoms with Crippen LogP contribution in [-0.2, 0) is 17.6 Å². The Morgan fingerprint density at radius 3 is 2.81 bits per heavy atom. The summed E-state index contributed by atoms with van der Waals surface area (Å²) in [5, 5.41) is 2.73. The van der Waals surface area contributed by atoms with E-state index in [1.165, 1.54) is 24.0 Å². The highest BCUT2D eigenvalue weighted by molar-refractivity contribution is 5.84. The second-order valence-electron chi connectivity index (χ2n) is 4.04. The molecule has 0 bridgehead atoms. The maximum absolute atomic E-state index is 11.2. The van der Waals surface area contributed by atoms with Crippen LogP contribution in [0.1, 0.15) is 30.9 Å². The van der Waals surface area contributed by atoms with E-state index in [1.54, 1.807) is 6.92 Å². The quantitative estimate of drug-likeness (QED) is 0.829. The Labute approximate surface area is 95.8 Å². The number of rotatable bonds is 2. The number of aryl methyl sites for hydroxylation is 2. The highest BCUT2D eigenvalue weighted by Crippen LogP contribution is 2.24. The van der Waals surface area contributed by atoms with Crippen LogP contribution in [0.2, 0.25) is 0 Å². The van der Waals surface area contributed by atoms with Crippen LogP contribution < -0.4 is 5.32 Å². The lowest BCUT2D eigenvalue weighted by atomic mass is 9.91. The monoisotopic (exact) mass is 219 g/mol. The largest absolute Gasteiger partial charge is 0.450 e. The third-order valence-corrected chi connectivity index (χ3v) is 2.87. The van der Waals surface area contributed by atoms with Crippen LogP contribution >= 0.6 is 0 Å². The molecule has 0 spiro atoms. The van der Waals surface area contributed by atoms with Crippen LogP contribution in [0.4, 0.5) is 10.5 Å². The lowest BCUT2D eigenvalue weighted by molar-refractivity contribution is 0.168. The van der Waals surface area contributed by atoms with Crippen molar-refractivity contribution in [1.29, 1.82) is 0 Å². The molecule has 1 N–H and O–H groups in total. The third kappa shape index (κ3) is 2.54. The zero-order chi connectivity index (χ0) is 11.4. The number of hydrogen-bond donors (Lipinski definition) is 1. The van der Waals surface area contributed by atoms with E-state index < -0.39 is 0 Å². The Morgan fingerprint density at radius 2 is 2.06 bits per heavy atom. The van der Waals surface area contributed by atoms with Crippen molar-refractivity contribution in [3.8, 4) is 0 Å². The summed E-state index contributed by atoms with van der Waals surface area (Å²) in [5.74, 6) is 0. The lowest BCUT2D eigenvalue weighted by Gasteiger charge is -2.16. The molecule has 1 aliphatic carbocycles. The van der Waals surface area contributed by atoms with Crippen molar-refractivity contribution in [3.63, 3.8) is 0 Å². The number of anilines is 1. The number of amides is 1. The van der Waals surface area contributed by atoms with Gasteiger partial charge in [0.15, 0.2) is 0 Å². The predicted octanol–water partition coefficient (Wildman–Crippen LogP) is 3.13. The Balaban J connectivity index is 2.08. The summed E-state index contributed by atoms with van der Waals surface area (Å²) < 4.78 is 4.84. The maximum atomic E-state index is 11.2. The first-order chi connectivity index (χ1) is 7.79. The number of hydrogen-bond acceptors (Lipinski definition) is 2. The Morgan fingerprint density at radius 1 is 1.31 bits per heavy atom. The van der Waals surface area contributed by atoms with Gasteiger partial charge >= 0.3 is 6.09 Å². The number of carbonyl (C=O) groups is 1. The molecule has 0 radical (unpaired) electrons. The van der Waals surface area contributed by atoms with Gasteiger partial charge < -0.3 is 4.74 Å². The molecule has 1 aromatic carbocycles. The second kappa shape index (κ2) is 5.01. The number of carbonyl (C=O) groups excluding carboxylic acids is 1. The van der Waals surface area contributed by atoms with Crippen molar-refractivity contribution in [3.05, 3.63) is 29.3 Å². The van der Waals surface area contributed by atoms with Crippen LogP contribution in [0.25, 0.3) is 0 Å². The SMILES string of the molecule is CCOC(=O)Nc1ccc2c(c1)CCCC2. The summed E-state index contributed by atoms with van der Waals surface area (Å²) in [4.78, 5) is 11.2. The number of ether oxygens (including phenoxy) is 1. The molecular weight excluding hydrogens is 202 g/mol. The van der Waals surface area contributed by atoms with E-state index in [2.05, 4.69) is 17.4 Å². The maximum Gasteiger partial charge on any atom is 0.411 e. The van der Waals surface area contributed by atoms with E-state index in [9.17, 15) is 4.79 Å². The van der Waals surface area contributed by atoms with Crippen molar-refractivity contribution in [2.75, 3.05) is 11.9 Å². The highest BCUT2D eigenvalue weighted by Gasteiger charge is 2.10. The summed E-state index contributed by atoms with van der Waals surface area (Å²) in [7, 11) is 0. The topological polar surface area (TPSA) is 38.3 Å². The van der Waals surface area contributed by atoms with Crippen molar-refractivity contribution in [1.82, 2.24) is 0 Å². The minimum atomic E-state index is -0.377. The molecule has 1 amide bonds. The van der Waals surface area contributed by atoms with Gasteiger partial charge in [0.05, 0.1) is 6.61 Å². The molecule has 0 fully saturated rings. The van der Waals surface area contributed by atoms with Crippen molar-refractivity contribution >= 4 is 11.8 Å². The molecule has 3 nitrogen and oxygen atoms in total. The first kappa shape index (κ1) is 11.0. The second-order valence-corrected chi connectivity index (χ2v) is 4.04. The molecule has 16 heavy (non-hydrogen) atoms.